The lowest BCUT2D eigenvalue weighted by molar-refractivity contribution is -0.141. The number of nitrogens with one attached hydrogen (secondary N) is 2. The van der Waals surface area contributed by atoms with Gasteiger partial charge in [0, 0.05) is 22.3 Å². The lowest BCUT2D eigenvalue weighted by Gasteiger charge is -2.53. The second-order valence-electron chi connectivity index (χ2n) is 21.6. The molecule has 70 heavy (non-hydrogen) atoms. The number of allylic oxidation sites excluding steroid dienone is 8. The Hall–Kier alpha value is -5.31. The Balaban J connectivity index is 1.48. The van der Waals surface area contributed by atoms with Gasteiger partial charge in [-0.2, -0.15) is 0 Å². The Bertz CT molecular complexity index is 2460. The largest absolute Gasteiger partial charge is 0.316 e. The van der Waals surface area contributed by atoms with E-state index in [2.05, 4.69) is 137 Å². The van der Waals surface area contributed by atoms with E-state index in [-0.39, 0.29) is 41.0 Å². The number of piperidine rings is 2. The van der Waals surface area contributed by atoms with Gasteiger partial charge in [0.15, 0.2) is 17.3 Å². The van der Waals surface area contributed by atoms with Gasteiger partial charge in [0.25, 0.3) is 0 Å². The minimum absolute atomic E-state index is 0.0660. The Morgan fingerprint density at radius 3 is 1.30 bits per heavy atom. The van der Waals surface area contributed by atoms with Gasteiger partial charge in [0.2, 0.25) is 0 Å². The molecule has 368 valence electrons. The van der Waals surface area contributed by atoms with Crippen molar-refractivity contribution in [1.82, 2.24) is 20.4 Å². The van der Waals surface area contributed by atoms with Crippen LogP contribution in [0.5, 0.6) is 0 Å². The number of ketones is 3. The number of carbonyl (C=O) groups is 3. The van der Waals surface area contributed by atoms with Crippen molar-refractivity contribution in [3.05, 3.63) is 177 Å². The zero-order valence-electron chi connectivity index (χ0n) is 43.4. The first kappa shape index (κ1) is 51.1. The van der Waals surface area contributed by atoms with Crippen molar-refractivity contribution in [2.45, 2.75) is 79.1 Å². The van der Waals surface area contributed by atoms with Crippen LogP contribution < -0.4 is 10.6 Å². The predicted molar refractivity (Wildman–Crippen MR) is 289 cm³/mol. The summed E-state index contributed by atoms with van der Waals surface area (Å²) in [4.78, 5) is 53.6. The summed E-state index contributed by atoms with van der Waals surface area (Å²) in [5.41, 5.74) is 8.77. The normalized spacial score (nSPS) is 24.9. The highest BCUT2D eigenvalue weighted by molar-refractivity contribution is 6.21. The Kier molecular flexibility index (Phi) is 16.3. The summed E-state index contributed by atoms with van der Waals surface area (Å²) in [7, 11) is 8.43. The third-order valence-corrected chi connectivity index (χ3v) is 16.5. The fourth-order valence-electron chi connectivity index (χ4n) is 12.6. The van der Waals surface area contributed by atoms with Gasteiger partial charge in [0.05, 0.1) is 10.8 Å². The molecule has 6 atom stereocenters. The van der Waals surface area contributed by atoms with Crippen molar-refractivity contribution in [2.75, 3.05) is 67.5 Å². The molecule has 0 bridgehead atoms. The monoisotopic (exact) mass is 939 g/mol. The molecule has 0 spiro atoms. The Morgan fingerprint density at radius 1 is 0.543 bits per heavy atom. The van der Waals surface area contributed by atoms with Crippen LogP contribution in [0, 0.1) is 62.2 Å². The predicted octanol–water partition coefficient (Wildman–Crippen LogP) is 11.5. The van der Waals surface area contributed by atoms with E-state index in [0.29, 0.717) is 35.1 Å². The molecule has 2 fully saturated rings. The number of rotatable bonds is 18. The number of nitrogens with zero attached hydrogens (tertiary/aromatic N) is 2. The molecule has 7 nitrogen and oxygen atoms in total. The van der Waals surface area contributed by atoms with Crippen LogP contribution in [0.3, 0.4) is 0 Å². The summed E-state index contributed by atoms with van der Waals surface area (Å²) in [5, 5.41) is 7.54. The highest BCUT2D eigenvalue weighted by Crippen LogP contribution is 2.59. The summed E-state index contributed by atoms with van der Waals surface area (Å²) in [6.45, 7) is 13.7. The molecule has 2 N–H and O–H groups in total. The van der Waals surface area contributed by atoms with Crippen molar-refractivity contribution < 1.29 is 14.4 Å². The van der Waals surface area contributed by atoms with Crippen LogP contribution in [-0.4, -0.2) is 94.6 Å². The van der Waals surface area contributed by atoms with E-state index in [1.54, 1.807) is 0 Å². The molecule has 4 aliphatic rings. The van der Waals surface area contributed by atoms with Crippen LogP contribution in [0.25, 0.3) is 11.1 Å². The van der Waals surface area contributed by atoms with Crippen molar-refractivity contribution in [2.24, 2.45) is 34.5 Å². The van der Waals surface area contributed by atoms with Crippen molar-refractivity contribution in [3.8, 4) is 0 Å². The molecule has 0 saturated carbocycles. The summed E-state index contributed by atoms with van der Waals surface area (Å²) >= 11 is 0. The fourth-order valence-corrected chi connectivity index (χ4v) is 12.6. The van der Waals surface area contributed by atoms with E-state index in [0.717, 1.165) is 122 Å². The fraction of sp³-hybridized carbons (Fsp3) is 0.444. The van der Waals surface area contributed by atoms with Gasteiger partial charge in [-0.3, -0.25) is 14.4 Å². The molecule has 6 unspecified atom stereocenters. The number of hydrogen-bond donors (Lipinski definition) is 2. The number of benzene rings is 4. The minimum atomic E-state index is -1.10. The van der Waals surface area contributed by atoms with Gasteiger partial charge < -0.3 is 20.4 Å². The Labute approximate surface area is 419 Å². The van der Waals surface area contributed by atoms with Gasteiger partial charge in [-0.1, -0.05) is 121 Å². The smallest absolute Gasteiger partial charge is 0.193 e. The van der Waals surface area contributed by atoms with Gasteiger partial charge in [-0.05, 0) is 215 Å². The average molecular weight is 939 g/mol. The van der Waals surface area contributed by atoms with E-state index in [1.807, 2.05) is 60.7 Å². The van der Waals surface area contributed by atoms with E-state index in [9.17, 15) is 0 Å². The molecular weight excluding hydrogens is 861 g/mol. The van der Waals surface area contributed by atoms with E-state index in [4.69, 9.17) is 0 Å². The molecule has 7 heteroatoms. The number of Topliss-reactive ketones (excluding diaryl/α,β-unsaturated/α-hetero) is 3. The first-order valence-electron chi connectivity index (χ1n) is 26.2. The molecule has 0 amide bonds. The summed E-state index contributed by atoms with van der Waals surface area (Å²) in [5.74, 6) is -0.151. The number of carbonyl (C=O) groups excluding carboxylic acids is 3. The van der Waals surface area contributed by atoms with Crippen molar-refractivity contribution >= 4 is 28.5 Å². The number of aryl methyl sites for hydroxylation is 2. The molecule has 2 saturated heterocycles. The first-order valence-corrected chi connectivity index (χ1v) is 26.2. The SMILES string of the molecule is Cc1cccc(C2=CC(C3CCCNC3)C(CCCN(C)C)(C(=O)C3(CCCN(C)C)C=C(C(=O)c4ccccc4)C(c4cccc(C)c4C)=CC3C3CCCNC3)C=C2C(=O)c2ccccc2)c1C. The maximum atomic E-state index is 18.0. The molecule has 2 aliphatic carbocycles. The van der Waals surface area contributed by atoms with Crippen LogP contribution in [0.1, 0.15) is 105 Å². The van der Waals surface area contributed by atoms with Crippen molar-refractivity contribution in [3.63, 3.8) is 0 Å². The van der Waals surface area contributed by atoms with Crippen LogP contribution >= 0.6 is 0 Å². The molecule has 4 aromatic carbocycles. The van der Waals surface area contributed by atoms with Crippen LogP contribution in [0.2, 0.25) is 0 Å². The number of hydrogen-bond acceptors (Lipinski definition) is 7. The third-order valence-electron chi connectivity index (χ3n) is 16.5. The maximum absolute atomic E-state index is 18.0. The summed E-state index contributed by atoms with van der Waals surface area (Å²) in [6, 6.07) is 32.1. The molecular formula is C63H78N4O3. The van der Waals surface area contributed by atoms with Gasteiger partial charge >= 0.3 is 0 Å². The van der Waals surface area contributed by atoms with Crippen LogP contribution in [-0.2, 0) is 4.79 Å². The summed E-state index contributed by atoms with van der Waals surface area (Å²) < 4.78 is 0. The Morgan fingerprint density at radius 2 is 0.943 bits per heavy atom. The standard InChI is InChI=1S/C63H78N4O3/c1-43-21-15-29-51(45(43)3)53-37-57(49-27-17-33-64-41-49)62(31-19-35-66(5)6,39-55(53)59(68)47-23-11-9-12-24-47)61(70)63(32-20-36-67(7)8)40-56(60(69)48-25-13-10-14-26-48)54(52-30-16-22-44(2)46(52)4)38-58(63)50-28-18-34-65-42-50/h9-16,21-26,29-30,37-40,49-50,57-58,64-65H,17-20,27-28,31-36,41-42H2,1-8H3. The van der Waals surface area contributed by atoms with Gasteiger partial charge in [-0.15, -0.1) is 0 Å². The van der Waals surface area contributed by atoms with E-state index in [1.165, 1.54) is 0 Å². The second-order valence-corrected chi connectivity index (χ2v) is 21.6. The minimum Gasteiger partial charge on any atom is -0.316 e. The molecule has 2 aliphatic heterocycles. The molecule has 8 rings (SSSR count). The molecule has 4 aromatic rings. The third kappa shape index (κ3) is 10.5. The topological polar surface area (TPSA) is 81.8 Å². The molecule has 0 aromatic heterocycles. The van der Waals surface area contributed by atoms with E-state index < -0.39 is 10.8 Å². The lowest BCUT2D eigenvalue weighted by atomic mass is 9.49. The summed E-state index contributed by atoms with van der Waals surface area (Å²) in [6.07, 6.45) is 15.9. The highest BCUT2D eigenvalue weighted by Gasteiger charge is 2.59. The van der Waals surface area contributed by atoms with Gasteiger partial charge in [0.1, 0.15) is 0 Å². The average Bonchev–Trinajstić information content (AvgIpc) is 3.38. The lowest BCUT2D eigenvalue weighted by Crippen LogP contribution is -2.56. The molecule has 0 radical (unpaired) electrons. The second kappa shape index (κ2) is 22.4. The van der Waals surface area contributed by atoms with Crippen LogP contribution in [0.4, 0.5) is 0 Å². The van der Waals surface area contributed by atoms with Gasteiger partial charge in [-0.25, -0.2) is 0 Å². The zero-order valence-corrected chi connectivity index (χ0v) is 43.4. The highest BCUT2D eigenvalue weighted by atomic mass is 16.1. The quantitative estimate of drug-likeness (QED) is 0.0962. The van der Waals surface area contributed by atoms with Crippen molar-refractivity contribution in [1.29, 1.82) is 0 Å². The molecule has 2 heterocycles. The first-order chi connectivity index (χ1) is 33.8. The maximum Gasteiger partial charge on any atom is 0.193 e. The zero-order chi connectivity index (χ0) is 49.6. The van der Waals surface area contributed by atoms with Crippen LogP contribution in [0.15, 0.2) is 133 Å². The van der Waals surface area contributed by atoms with E-state index >= 15 is 14.4 Å².